The molecule has 0 aliphatic carbocycles. The van der Waals surface area contributed by atoms with Crippen molar-refractivity contribution in [2.45, 2.75) is 9.79 Å². The van der Waals surface area contributed by atoms with Crippen LogP contribution in [-0.4, -0.2) is 33.2 Å². The van der Waals surface area contributed by atoms with E-state index >= 15 is 0 Å². The average molecular weight is 375 g/mol. The van der Waals surface area contributed by atoms with Crippen molar-refractivity contribution in [1.29, 1.82) is 5.26 Å². The van der Waals surface area contributed by atoms with Crippen molar-refractivity contribution in [3.05, 3.63) is 60.2 Å². The molecule has 0 aromatic heterocycles. The molecule has 0 atom stereocenters. The summed E-state index contributed by atoms with van der Waals surface area (Å²) in [6, 6.07) is 17.4. The van der Waals surface area contributed by atoms with Crippen LogP contribution < -0.4 is 10.0 Å². The Bertz CT molecular complexity index is 862. The molecule has 0 saturated carbocycles. The number of hydrogen-bond acceptors (Lipinski definition) is 5. The molecular weight excluding hydrogens is 358 g/mol. The van der Waals surface area contributed by atoms with E-state index in [4.69, 9.17) is 5.26 Å². The Morgan fingerprint density at radius 2 is 1.76 bits per heavy atom. The third-order valence-electron chi connectivity index (χ3n) is 3.16. The smallest absolute Gasteiger partial charge is 0.242 e. The minimum absolute atomic E-state index is 0.0367. The summed E-state index contributed by atoms with van der Waals surface area (Å²) in [6.45, 7) is 0.0486. The quantitative estimate of drug-likeness (QED) is 0.541. The number of hydrogen-bond donors (Lipinski definition) is 2. The number of carbonyl (C=O) groups excluding carboxylic acids is 1. The minimum Gasteiger partial charge on any atom is -0.354 e. The molecule has 8 heteroatoms. The van der Waals surface area contributed by atoms with Gasteiger partial charge in [0.15, 0.2) is 0 Å². The van der Waals surface area contributed by atoms with Gasteiger partial charge in [0.05, 0.1) is 17.0 Å². The van der Waals surface area contributed by atoms with Crippen molar-refractivity contribution in [1.82, 2.24) is 10.0 Å². The molecule has 0 aliphatic heterocycles. The molecule has 0 saturated heterocycles. The van der Waals surface area contributed by atoms with Gasteiger partial charge in [-0.3, -0.25) is 4.79 Å². The Hall–Kier alpha value is -2.34. The second-order valence-corrected chi connectivity index (χ2v) is 7.85. The number of nitrogens with zero attached hydrogens (tertiary/aromatic N) is 1. The van der Waals surface area contributed by atoms with Gasteiger partial charge in [0.25, 0.3) is 0 Å². The molecular formula is C17H17N3O3S2. The van der Waals surface area contributed by atoms with Crippen LogP contribution in [0.4, 0.5) is 0 Å². The van der Waals surface area contributed by atoms with Crippen LogP contribution >= 0.6 is 11.8 Å². The SMILES string of the molecule is N#Cc1ccccc1S(=O)(=O)NCC(=O)NCCSc1ccccc1. The van der Waals surface area contributed by atoms with Crippen molar-refractivity contribution in [3.8, 4) is 6.07 Å². The molecule has 25 heavy (non-hydrogen) atoms. The molecule has 2 aromatic rings. The fraction of sp³-hybridized carbons (Fsp3) is 0.176. The zero-order valence-corrected chi connectivity index (χ0v) is 14.9. The summed E-state index contributed by atoms with van der Waals surface area (Å²) in [4.78, 5) is 12.7. The summed E-state index contributed by atoms with van der Waals surface area (Å²) < 4.78 is 26.6. The molecule has 6 nitrogen and oxygen atoms in total. The van der Waals surface area contributed by atoms with Crippen molar-refractivity contribution in [2.24, 2.45) is 0 Å². The summed E-state index contributed by atoms with van der Waals surface area (Å²) >= 11 is 1.60. The molecule has 0 aliphatic rings. The zero-order chi connectivity index (χ0) is 18.1. The second-order valence-electron chi connectivity index (χ2n) is 4.94. The number of amides is 1. The maximum Gasteiger partial charge on any atom is 0.242 e. The predicted molar refractivity (Wildman–Crippen MR) is 96.5 cm³/mol. The Balaban J connectivity index is 1.78. The maximum atomic E-state index is 12.2. The number of sulfonamides is 1. The fourth-order valence-electron chi connectivity index (χ4n) is 1.97. The highest BCUT2D eigenvalue weighted by Gasteiger charge is 2.18. The first-order chi connectivity index (χ1) is 12.0. The monoisotopic (exact) mass is 375 g/mol. The Labute approximate surface area is 151 Å². The summed E-state index contributed by atoms with van der Waals surface area (Å²) in [7, 11) is -3.91. The van der Waals surface area contributed by atoms with Gasteiger partial charge in [0, 0.05) is 17.2 Å². The molecule has 1 amide bonds. The first-order valence-corrected chi connectivity index (χ1v) is 9.93. The second kappa shape index (κ2) is 9.22. The summed E-state index contributed by atoms with van der Waals surface area (Å²) in [5.74, 6) is 0.256. The lowest BCUT2D eigenvalue weighted by Crippen LogP contribution is -2.37. The number of carbonyl (C=O) groups is 1. The highest BCUT2D eigenvalue weighted by molar-refractivity contribution is 7.99. The number of nitrogens with one attached hydrogen (secondary N) is 2. The highest BCUT2D eigenvalue weighted by atomic mass is 32.2. The first kappa shape index (κ1) is 19.0. The zero-order valence-electron chi connectivity index (χ0n) is 13.3. The van der Waals surface area contributed by atoms with Gasteiger partial charge in [-0.25, -0.2) is 13.1 Å². The van der Waals surface area contributed by atoms with Crippen molar-refractivity contribution < 1.29 is 13.2 Å². The Morgan fingerprint density at radius 3 is 2.48 bits per heavy atom. The van der Waals surface area contributed by atoms with E-state index in [1.54, 1.807) is 17.8 Å². The third kappa shape index (κ3) is 5.90. The molecule has 0 bridgehead atoms. The maximum absolute atomic E-state index is 12.2. The Kier molecular flexibility index (Phi) is 7.01. The number of rotatable bonds is 8. The van der Waals surface area contributed by atoms with Gasteiger partial charge in [0.1, 0.15) is 6.07 Å². The van der Waals surface area contributed by atoms with Gasteiger partial charge in [-0.15, -0.1) is 11.8 Å². The van der Waals surface area contributed by atoms with Gasteiger partial charge in [-0.1, -0.05) is 30.3 Å². The summed E-state index contributed by atoms with van der Waals surface area (Å²) in [6.07, 6.45) is 0. The lowest BCUT2D eigenvalue weighted by atomic mass is 10.2. The lowest BCUT2D eigenvalue weighted by Gasteiger charge is -2.09. The van der Waals surface area contributed by atoms with Gasteiger partial charge >= 0.3 is 0 Å². The van der Waals surface area contributed by atoms with Crippen LogP contribution in [0.2, 0.25) is 0 Å². The molecule has 2 aromatic carbocycles. The predicted octanol–water partition coefficient (Wildman–Crippen LogP) is 1.75. The van der Waals surface area contributed by atoms with E-state index < -0.39 is 15.9 Å². The average Bonchev–Trinajstić information content (AvgIpc) is 2.64. The molecule has 0 radical (unpaired) electrons. The van der Waals surface area contributed by atoms with Crippen LogP contribution in [0.1, 0.15) is 5.56 Å². The molecule has 0 unspecified atom stereocenters. The van der Waals surface area contributed by atoms with Crippen LogP contribution in [0.5, 0.6) is 0 Å². The van der Waals surface area contributed by atoms with Gasteiger partial charge in [-0.2, -0.15) is 5.26 Å². The molecule has 2 N–H and O–H groups in total. The lowest BCUT2D eigenvalue weighted by molar-refractivity contribution is -0.119. The fourth-order valence-corrected chi connectivity index (χ4v) is 3.90. The number of benzene rings is 2. The van der Waals surface area contributed by atoms with E-state index in [9.17, 15) is 13.2 Å². The standard InChI is InChI=1S/C17H17N3O3S2/c18-12-14-6-4-5-9-16(14)25(22,23)20-13-17(21)19-10-11-24-15-7-2-1-3-8-15/h1-9,20H,10-11,13H2,(H,19,21). The van der Waals surface area contributed by atoms with E-state index in [0.717, 1.165) is 4.90 Å². The van der Waals surface area contributed by atoms with Crippen molar-refractivity contribution >= 4 is 27.7 Å². The first-order valence-electron chi connectivity index (χ1n) is 7.46. The van der Waals surface area contributed by atoms with Crippen LogP contribution in [0.25, 0.3) is 0 Å². The third-order valence-corrected chi connectivity index (χ3v) is 5.63. The van der Waals surface area contributed by atoms with Crippen LogP contribution in [0.15, 0.2) is 64.4 Å². The summed E-state index contributed by atoms with van der Waals surface area (Å²) in [5.41, 5.74) is 0.0367. The normalized spacial score (nSPS) is 10.8. The van der Waals surface area contributed by atoms with E-state index in [-0.39, 0.29) is 17.0 Å². The van der Waals surface area contributed by atoms with E-state index in [1.165, 1.54) is 18.2 Å². The van der Waals surface area contributed by atoms with E-state index in [0.29, 0.717) is 12.3 Å². The number of thioether (sulfide) groups is 1. The van der Waals surface area contributed by atoms with Crippen LogP contribution in [0, 0.1) is 11.3 Å². The molecule has 0 fully saturated rings. The molecule has 130 valence electrons. The van der Waals surface area contributed by atoms with E-state index in [2.05, 4.69) is 10.0 Å². The molecule has 0 spiro atoms. The minimum atomic E-state index is -3.91. The summed E-state index contributed by atoms with van der Waals surface area (Å²) in [5, 5.41) is 11.6. The molecule has 0 heterocycles. The van der Waals surface area contributed by atoms with Gasteiger partial charge in [-0.05, 0) is 24.3 Å². The van der Waals surface area contributed by atoms with Crippen LogP contribution in [-0.2, 0) is 14.8 Å². The van der Waals surface area contributed by atoms with Crippen LogP contribution in [0.3, 0.4) is 0 Å². The van der Waals surface area contributed by atoms with E-state index in [1.807, 2.05) is 36.4 Å². The van der Waals surface area contributed by atoms with Gasteiger partial charge < -0.3 is 5.32 Å². The largest absolute Gasteiger partial charge is 0.354 e. The van der Waals surface area contributed by atoms with Crippen molar-refractivity contribution in [2.75, 3.05) is 18.8 Å². The van der Waals surface area contributed by atoms with Crippen molar-refractivity contribution in [3.63, 3.8) is 0 Å². The topological polar surface area (TPSA) is 99.1 Å². The number of nitriles is 1. The Morgan fingerprint density at radius 1 is 1.08 bits per heavy atom. The highest BCUT2D eigenvalue weighted by Crippen LogP contribution is 2.16. The van der Waals surface area contributed by atoms with Gasteiger partial charge in [0.2, 0.25) is 15.9 Å². The molecule has 2 rings (SSSR count).